The topological polar surface area (TPSA) is 64.7 Å². The third kappa shape index (κ3) is 4.73. The zero-order valence-electron chi connectivity index (χ0n) is 11.0. The van der Waals surface area contributed by atoms with E-state index in [0.29, 0.717) is 5.75 Å². The molecule has 3 N–H and O–H groups in total. The van der Waals surface area contributed by atoms with Crippen LogP contribution in [-0.4, -0.2) is 31.5 Å². The molecule has 0 aliphatic carbocycles. The van der Waals surface area contributed by atoms with Crippen molar-refractivity contribution in [2.75, 3.05) is 14.2 Å². The number of hydrogen-bond acceptors (Lipinski definition) is 4. The highest BCUT2D eigenvalue weighted by atomic mass is 35.5. The van der Waals surface area contributed by atoms with Crippen LogP contribution in [0.2, 0.25) is 0 Å². The standard InChI is InChI=1S/C12H16F3NO3.ClH/c1-18-7-3-4-10(19-2)8(5-7)9(17)6-11(16)12(13,14)15;/h3-5,9,11,17H,6,16H2,1-2H3;1H/t9-,11-;/m1./s1. The van der Waals surface area contributed by atoms with E-state index in [1.807, 2.05) is 0 Å². The van der Waals surface area contributed by atoms with E-state index in [9.17, 15) is 18.3 Å². The Hall–Kier alpha value is -1.18. The fraction of sp³-hybridized carbons (Fsp3) is 0.500. The van der Waals surface area contributed by atoms with Crippen LogP contribution in [0.25, 0.3) is 0 Å². The maximum atomic E-state index is 12.4. The maximum Gasteiger partial charge on any atom is 0.403 e. The summed E-state index contributed by atoms with van der Waals surface area (Å²) in [7, 11) is 2.78. The van der Waals surface area contributed by atoms with Crippen molar-refractivity contribution in [3.63, 3.8) is 0 Å². The van der Waals surface area contributed by atoms with Gasteiger partial charge < -0.3 is 20.3 Å². The summed E-state index contributed by atoms with van der Waals surface area (Å²) < 4.78 is 47.0. The highest BCUT2D eigenvalue weighted by molar-refractivity contribution is 5.85. The van der Waals surface area contributed by atoms with E-state index < -0.39 is 24.7 Å². The second-order valence-corrected chi connectivity index (χ2v) is 4.01. The predicted molar refractivity (Wildman–Crippen MR) is 70.4 cm³/mol. The molecule has 116 valence electrons. The van der Waals surface area contributed by atoms with Crippen molar-refractivity contribution in [3.8, 4) is 11.5 Å². The van der Waals surface area contributed by atoms with Crippen LogP contribution in [0.15, 0.2) is 18.2 Å². The molecule has 0 aliphatic rings. The van der Waals surface area contributed by atoms with Gasteiger partial charge in [0, 0.05) is 12.0 Å². The highest BCUT2D eigenvalue weighted by Gasteiger charge is 2.38. The summed E-state index contributed by atoms with van der Waals surface area (Å²) in [6.07, 6.45) is -6.58. The summed E-state index contributed by atoms with van der Waals surface area (Å²) in [4.78, 5) is 0. The number of nitrogens with two attached hydrogens (primary N) is 1. The first-order valence-corrected chi connectivity index (χ1v) is 5.52. The molecular formula is C12H17ClF3NO3. The minimum Gasteiger partial charge on any atom is -0.497 e. The molecule has 0 aliphatic heterocycles. The molecule has 0 fully saturated rings. The van der Waals surface area contributed by atoms with Gasteiger partial charge in [0.1, 0.15) is 17.5 Å². The third-order valence-corrected chi connectivity index (χ3v) is 2.69. The first-order valence-electron chi connectivity index (χ1n) is 5.52. The van der Waals surface area contributed by atoms with Crippen molar-refractivity contribution in [2.45, 2.75) is 24.7 Å². The van der Waals surface area contributed by atoms with Gasteiger partial charge in [-0.3, -0.25) is 0 Å². The number of alkyl halides is 3. The summed E-state index contributed by atoms with van der Waals surface area (Å²) in [6, 6.07) is 2.42. The molecule has 2 atom stereocenters. The average Bonchev–Trinajstić information content (AvgIpc) is 2.36. The molecule has 0 saturated carbocycles. The lowest BCUT2D eigenvalue weighted by Gasteiger charge is -2.21. The Labute approximate surface area is 121 Å². The van der Waals surface area contributed by atoms with Crippen LogP contribution in [0, 0.1) is 0 Å². The van der Waals surface area contributed by atoms with Gasteiger partial charge in [0.25, 0.3) is 0 Å². The molecule has 0 radical (unpaired) electrons. The van der Waals surface area contributed by atoms with Gasteiger partial charge in [0.05, 0.1) is 20.3 Å². The quantitative estimate of drug-likeness (QED) is 0.876. The maximum absolute atomic E-state index is 12.4. The zero-order chi connectivity index (χ0) is 14.6. The number of hydrogen-bond donors (Lipinski definition) is 2. The smallest absolute Gasteiger partial charge is 0.403 e. The molecule has 1 aromatic carbocycles. The Morgan fingerprint density at radius 1 is 1.25 bits per heavy atom. The Morgan fingerprint density at radius 3 is 2.30 bits per heavy atom. The second-order valence-electron chi connectivity index (χ2n) is 4.01. The molecule has 0 bridgehead atoms. The summed E-state index contributed by atoms with van der Waals surface area (Å²) in [6.45, 7) is 0. The van der Waals surface area contributed by atoms with Gasteiger partial charge in [0.2, 0.25) is 0 Å². The lowest BCUT2D eigenvalue weighted by Crippen LogP contribution is -2.38. The number of rotatable bonds is 5. The zero-order valence-corrected chi connectivity index (χ0v) is 11.8. The predicted octanol–water partition coefficient (Wildman–Crippen LogP) is 2.44. The third-order valence-electron chi connectivity index (χ3n) is 2.69. The van der Waals surface area contributed by atoms with E-state index in [1.165, 1.54) is 26.4 Å². The number of benzene rings is 1. The first kappa shape index (κ1) is 18.8. The van der Waals surface area contributed by atoms with Crippen LogP contribution in [0.4, 0.5) is 13.2 Å². The van der Waals surface area contributed by atoms with Crippen LogP contribution >= 0.6 is 12.4 Å². The molecular weight excluding hydrogens is 299 g/mol. The Balaban J connectivity index is 0.00000361. The molecule has 0 saturated heterocycles. The Morgan fingerprint density at radius 2 is 1.85 bits per heavy atom. The van der Waals surface area contributed by atoms with Crippen LogP contribution < -0.4 is 15.2 Å². The van der Waals surface area contributed by atoms with Gasteiger partial charge in [-0.2, -0.15) is 13.2 Å². The van der Waals surface area contributed by atoms with Crippen LogP contribution in [0.3, 0.4) is 0 Å². The van der Waals surface area contributed by atoms with Crippen molar-refractivity contribution in [2.24, 2.45) is 5.73 Å². The van der Waals surface area contributed by atoms with Gasteiger partial charge in [-0.05, 0) is 18.2 Å². The molecule has 4 nitrogen and oxygen atoms in total. The van der Waals surface area contributed by atoms with E-state index in [0.717, 1.165) is 0 Å². The lowest BCUT2D eigenvalue weighted by atomic mass is 10.0. The normalized spacial score (nSPS) is 14.2. The van der Waals surface area contributed by atoms with Crippen LogP contribution in [0.5, 0.6) is 11.5 Å². The highest BCUT2D eigenvalue weighted by Crippen LogP contribution is 2.33. The Bertz CT molecular complexity index is 429. The molecule has 1 rings (SSSR count). The largest absolute Gasteiger partial charge is 0.497 e. The Kier molecular flexibility index (Phi) is 7.12. The number of aliphatic hydroxyl groups excluding tert-OH is 1. The van der Waals surface area contributed by atoms with Crippen LogP contribution in [0.1, 0.15) is 18.1 Å². The SMILES string of the molecule is COc1ccc(OC)c([C@H](O)C[C@@H](N)C(F)(F)F)c1.Cl. The monoisotopic (exact) mass is 315 g/mol. The molecule has 0 unspecified atom stereocenters. The fourth-order valence-electron chi connectivity index (χ4n) is 1.60. The average molecular weight is 316 g/mol. The second kappa shape index (κ2) is 7.56. The minimum atomic E-state index is -4.55. The number of ether oxygens (including phenoxy) is 2. The summed E-state index contributed by atoms with van der Waals surface area (Å²) in [5.41, 5.74) is 5.20. The number of methoxy groups -OCH3 is 2. The number of halogens is 4. The molecule has 0 spiro atoms. The van der Waals surface area contributed by atoms with Gasteiger partial charge in [-0.15, -0.1) is 12.4 Å². The summed E-state index contributed by atoms with van der Waals surface area (Å²) in [5.74, 6) is 0.693. The molecule has 0 heterocycles. The lowest BCUT2D eigenvalue weighted by molar-refractivity contribution is -0.153. The van der Waals surface area contributed by atoms with Crippen molar-refractivity contribution in [1.82, 2.24) is 0 Å². The van der Waals surface area contributed by atoms with E-state index in [1.54, 1.807) is 6.07 Å². The van der Waals surface area contributed by atoms with Crippen molar-refractivity contribution in [1.29, 1.82) is 0 Å². The molecule has 0 amide bonds. The fourth-order valence-corrected chi connectivity index (χ4v) is 1.60. The molecule has 20 heavy (non-hydrogen) atoms. The minimum absolute atomic E-state index is 0. The number of aliphatic hydroxyl groups is 1. The first-order chi connectivity index (χ1) is 8.79. The van der Waals surface area contributed by atoms with E-state index >= 15 is 0 Å². The van der Waals surface area contributed by atoms with Gasteiger partial charge in [0.15, 0.2) is 0 Å². The van der Waals surface area contributed by atoms with E-state index in [-0.39, 0.29) is 23.7 Å². The molecule has 1 aromatic rings. The van der Waals surface area contributed by atoms with Crippen LogP contribution in [-0.2, 0) is 0 Å². The summed E-state index contributed by atoms with van der Waals surface area (Å²) in [5, 5.41) is 9.87. The van der Waals surface area contributed by atoms with Gasteiger partial charge >= 0.3 is 6.18 Å². The summed E-state index contributed by atoms with van der Waals surface area (Å²) >= 11 is 0. The molecule has 8 heteroatoms. The van der Waals surface area contributed by atoms with Crippen molar-refractivity contribution >= 4 is 12.4 Å². The van der Waals surface area contributed by atoms with Gasteiger partial charge in [-0.25, -0.2) is 0 Å². The van der Waals surface area contributed by atoms with Gasteiger partial charge in [-0.1, -0.05) is 0 Å². The van der Waals surface area contributed by atoms with E-state index in [2.05, 4.69) is 0 Å². The van der Waals surface area contributed by atoms with Crippen molar-refractivity contribution in [3.05, 3.63) is 23.8 Å². The molecule has 0 aromatic heterocycles. The van der Waals surface area contributed by atoms with E-state index in [4.69, 9.17) is 15.2 Å². The van der Waals surface area contributed by atoms with Crippen molar-refractivity contribution < 1.29 is 27.8 Å².